The van der Waals surface area contributed by atoms with Gasteiger partial charge in [-0.2, -0.15) is 0 Å². The summed E-state index contributed by atoms with van der Waals surface area (Å²) in [6, 6.07) is 1.39. The molecule has 1 aliphatic heterocycles. The van der Waals surface area contributed by atoms with Gasteiger partial charge in [0.2, 0.25) is 0 Å². The predicted octanol–water partition coefficient (Wildman–Crippen LogP) is 2.50. The minimum atomic E-state index is -0.522. The van der Waals surface area contributed by atoms with Crippen molar-refractivity contribution in [3.63, 3.8) is 0 Å². The van der Waals surface area contributed by atoms with E-state index >= 15 is 0 Å². The van der Waals surface area contributed by atoms with Crippen LogP contribution in [-0.2, 0) is 16.0 Å². The molecule has 0 amide bonds. The van der Waals surface area contributed by atoms with Crippen LogP contribution in [0.4, 0.5) is 5.69 Å². The number of rotatable bonds is 5. The number of nitro groups is 1. The third kappa shape index (κ3) is 3.19. The van der Waals surface area contributed by atoms with Gasteiger partial charge in [-0.1, -0.05) is 0 Å². The summed E-state index contributed by atoms with van der Waals surface area (Å²) >= 11 is 0. The Labute approximate surface area is 127 Å². The van der Waals surface area contributed by atoms with Gasteiger partial charge in [-0.05, 0) is 25.8 Å². The van der Waals surface area contributed by atoms with Gasteiger partial charge < -0.3 is 14.2 Å². The van der Waals surface area contributed by atoms with Crippen LogP contribution in [0.15, 0.2) is 12.1 Å². The second-order valence-electron chi connectivity index (χ2n) is 4.62. The maximum atomic E-state index is 11.4. The highest BCUT2D eigenvalue weighted by molar-refractivity contribution is 5.88. The van der Waals surface area contributed by atoms with Gasteiger partial charge in [-0.3, -0.25) is 10.1 Å². The van der Waals surface area contributed by atoms with Crippen LogP contribution in [0.25, 0.3) is 6.08 Å². The fourth-order valence-electron chi connectivity index (χ4n) is 2.35. The molecule has 0 fully saturated rings. The van der Waals surface area contributed by atoms with E-state index in [-0.39, 0.29) is 12.3 Å². The van der Waals surface area contributed by atoms with Gasteiger partial charge in [0.1, 0.15) is 0 Å². The van der Waals surface area contributed by atoms with E-state index in [9.17, 15) is 14.9 Å². The van der Waals surface area contributed by atoms with Crippen molar-refractivity contribution >= 4 is 17.7 Å². The Balaban J connectivity index is 2.51. The summed E-state index contributed by atoms with van der Waals surface area (Å²) in [7, 11) is 1.46. The van der Waals surface area contributed by atoms with E-state index in [4.69, 9.17) is 14.2 Å². The van der Waals surface area contributed by atoms with E-state index in [0.717, 1.165) is 6.42 Å². The van der Waals surface area contributed by atoms with Gasteiger partial charge in [-0.15, -0.1) is 0 Å². The van der Waals surface area contributed by atoms with E-state index in [1.54, 1.807) is 6.92 Å². The molecule has 0 bridgehead atoms. The van der Waals surface area contributed by atoms with E-state index in [1.807, 2.05) is 0 Å². The molecular formula is C15H17NO6. The molecule has 7 nitrogen and oxygen atoms in total. The molecule has 0 atom stereocenters. The average Bonchev–Trinajstić information content (AvgIpc) is 2.51. The maximum Gasteiger partial charge on any atom is 0.330 e. The molecule has 0 radical (unpaired) electrons. The van der Waals surface area contributed by atoms with Crippen molar-refractivity contribution < 1.29 is 23.9 Å². The highest BCUT2D eigenvalue weighted by Crippen LogP contribution is 2.43. The van der Waals surface area contributed by atoms with Crippen LogP contribution < -0.4 is 9.47 Å². The SMILES string of the molecule is CCOC(=O)/C=C/c1cc([N+](=O)[O-])c2c(c1OC)OCCC2. The predicted molar refractivity (Wildman–Crippen MR) is 79.1 cm³/mol. The number of methoxy groups -OCH3 is 1. The summed E-state index contributed by atoms with van der Waals surface area (Å²) in [5.74, 6) is 0.248. The highest BCUT2D eigenvalue weighted by atomic mass is 16.6. The van der Waals surface area contributed by atoms with Gasteiger partial charge >= 0.3 is 5.97 Å². The van der Waals surface area contributed by atoms with Crippen LogP contribution in [0.5, 0.6) is 11.5 Å². The van der Waals surface area contributed by atoms with Crippen molar-refractivity contribution in [2.24, 2.45) is 0 Å². The second-order valence-corrected chi connectivity index (χ2v) is 4.62. The summed E-state index contributed by atoms with van der Waals surface area (Å²) in [6.07, 6.45) is 3.92. The molecule has 118 valence electrons. The molecular weight excluding hydrogens is 290 g/mol. The first-order valence-corrected chi connectivity index (χ1v) is 6.94. The molecule has 22 heavy (non-hydrogen) atoms. The Hall–Kier alpha value is -2.57. The Morgan fingerprint density at radius 3 is 2.95 bits per heavy atom. The number of fused-ring (bicyclic) bond motifs is 1. The number of hydrogen-bond donors (Lipinski definition) is 0. The van der Waals surface area contributed by atoms with Gasteiger partial charge in [-0.25, -0.2) is 4.79 Å². The monoisotopic (exact) mass is 307 g/mol. The summed E-state index contributed by atoms with van der Waals surface area (Å²) in [4.78, 5) is 22.2. The molecule has 1 aromatic rings. The van der Waals surface area contributed by atoms with Gasteiger partial charge in [0.15, 0.2) is 11.5 Å². The van der Waals surface area contributed by atoms with Crippen molar-refractivity contribution in [2.75, 3.05) is 20.3 Å². The molecule has 0 N–H and O–H groups in total. The quantitative estimate of drug-likeness (QED) is 0.359. The summed E-state index contributed by atoms with van der Waals surface area (Å²) in [5.41, 5.74) is 0.906. The van der Waals surface area contributed by atoms with Crippen molar-refractivity contribution in [3.05, 3.63) is 33.4 Å². The van der Waals surface area contributed by atoms with Crippen molar-refractivity contribution in [1.29, 1.82) is 0 Å². The summed E-state index contributed by atoms with van der Waals surface area (Å²) in [6.45, 7) is 2.43. The minimum Gasteiger partial charge on any atom is -0.492 e. The first-order chi connectivity index (χ1) is 10.6. The summed E-state index contributed by atoms with van der Waals surface area (Å²) in [5, 5.41) is 11.3. The third-order valence-electron chi connectivity index (χ3n) is 3.25. The zero-order valence-electron chi connectivity index (χ0n) is 12.5. The van der Waals surface area contributed by atoms with E-state index in [2.05, 4.69) is 0 Å². The highest BCUT2D eigenvalue weighted by Gasteiger charge is 2.27. The Kier molecular flexibility index (Phi) is 4.98. The minimum absolute atomic E-state index is 0.0287. The first-order valence-electron chi connectivity index (χ1n) is 6.94. The van der Waals surface area contributed by atoms with Gasteiger partial charge in [0.05, 0.1) is 30.8 Å². The van der Waals surface area contributed by atoms with Crippen molar-refractivity contribution in [2.45, 2.75) is 19.8 Å². The standard InChI is InChI=1S/C15H17NO6/c1-3-21-13(17)7-6-10-9-12(16(18)19)11-5-4-8-22-15(11)14(10)20-2/h6-7,9H,3-5,8H2,1-2H3/b7-6+. The second kappa shape index (κ2) is 6.93. The average molecular weight is 307 g/mol. The lowest BCUT2D eigenvalue weighted by molar-refractivity contribution is -0.385. The van der Waals surface area contributed by atoms with Crippen LogP contribution >= 0.6 is 0 Å². The molecule has 0 aliphatic carbocycles. The number of carbonyl (C=O) groups excluding carboxylic acids is 1. The lowest BCUT2D eigenvalue weighted by Gasteiger charge is -2.21. The number of ether oxygens (including phenoxy) is 3. The number of carbonyl (C=O) groups is 1. The molecule has 0 saturated carbocycles. The molecule has 0 aromatic heterocycles. The molecule has 1 aromatic carbocycles. The van der Waals surface area contributed by atoms with Crippen molar-refractivity contribution in [1.82, 2.24) is 0 Å². The molecule has 0 spiro atoms. The number of esters is 1. The maximum absolute atomic E-state index is 11.4. The normalized spacial score (nSPS) is 13.4. The fourth-order valence-corrected chi connectivity index (χ4v) is 2.35. The Bertz CT molecular complexity index is 623. The molecule has 7 heteroatoms. The first kappa shape index (κ1) is 15.8. The van der Waals surface area contributed by atoms with E-state index in [0.29, 0.717) is 35.7 Å². The van der Waals surface area contributed by atoms with Gasteiger partial charge in [0, 0.05) is 17.7 Å². The molecule has 1 heterocycles. The van der Waals surface area contributed by atoms with Crippen LogP contribution in [-0.4, -0.2) is 31.2 Å². The summed E-state index contributed by atoms with van der Waals surface area (Å²) < 4.78 is 15.7. The number of nitro benzene ring substituents is 1. The zero-order valence-corrected chi connectivity index (χ0v) is 12.5. The van der Waals surface area contributed by atoms with Crippen LogP contribution in [0.1, 0.15) is 24.5 Å². The topological polar surface area (TPSA) is 87.9 Å². The molecule has 2 rings (SSSR count). The lowest BCUT2D eigenvalue weighted by Crippen LogP contribution is -2.12. The number of benzene rings is 1. The van der Waals surface area contributed by atoms with Crippen LogP contribution in [0.3, 0.4) is 0 Å². The molecule has 0 saturated heterocycles. The van der Waals surface area contributed by atoms with E-state index in [1.165, 1.54) is 25.3 Å². The largest absolute Gasteiger partial charge is 0.492 e. The molecule has 0 unspecified atom stereocenters. The van der Waals surface area contributed by atoms with E-state index < -0.39 is 10.9 Å². The lowest BCUT2D eigenvalue weighted by atomic mass is 10.00. The van der Waals surface area contributed by atoms with Gasteiger partial charge in [0.25, 0.3) is 5.69 Å². The Morgan fingerprint density at radius 2 is 2.32 bits per heavy atom. The van der Waals surface area contributed by atoms with Crippen LogP contribution in [0.2, 0.25) is 0 Å². The number of hydrogen-bond acceptors (Lipinski definition) is 6. The molecule has 1 aliphatic rings. The zero-order chi connectivity index (χ0) is 16.1. The Morgan fingerprint density at radius 1 is 1.55 bits per heavy atom. The van der Waals surface area contributed by atoms with Crippen LogP contribution in [0, 0.1) is 10.1 Å². The number of nitrogens with zero attached hydrogens (tertiary/aromatic N) is 1. The fraction of sp³-hybridized carbons (Fsp3) is 0.400. The van der Waals surface area contributed by atoms with Crippen molar-refractivity contribution in [3.8, 4) is 11.5 Å². The third-order valence-corrected chi connectivity index (χ3v) is 3.25. The smallest absolute Gasteiger partial charge is 0.330 e.